The van der Waals surface area contributed by atoms with E-state index in [2.05, 4.69) is 48.1 Å². The maximum absolute atomic E-state index is 13.7. The highest BCUT2D eigenvalue weighted by Gasteiger charge is 2.18. The van der Waals surface area contributed by atoms with Crippen molar-refractivity contribution < 1.29 is 4.39 Å². The topological polar surface area (TPSA) is 12.0 Å². The van der Waals surface area contributed by atoms with E-state index in [0.29, 0.717) is 4.47 Å². The SMILES string of the molecule is CCNC(c1ccc(Br)c(F)c1)c1sc(C)cc1C. The number of hydrogen-bond donors (Lipinski definition) is 1. The van der Waals surface area contributed by atoms with Crippen LogP contribution in [0.5, 0.6) is 0 Å². The first-order valence-corrected chi connectivity index (χ1v) is 7.89. The van der Waals surface area contributed by atoms with E-state index in [1.54, 1.807) is 23.5 Å². The van der Waals surface area contributed by atoms with Gasteiger partial charge in [-0.1, -0.05) is 13.0 Å². The summed E-state index contributed by atoms with van der Waals surface area (Å²) < 4.78 is 14.2. The van der Waals surface area contributed by atoms with Crippen molar-refractivity contribution in [3.63, 3.8) is 0 Å². The lowest BCUT2D eigenvalue weighted by Crippen LogP contribution is -2.21. The van der Waals surface area contributed by atoms with Gasteiger partial charge in [-0.15, -0.1) is 11.3 Å². The third-order valence-corrected chi connectivity index (χ3v) is 4.89. The third kappa shape index (κ3) is 3.25. The van der Waals surface area contributed by atoms with Crippen LogP contribution in [0.2, 0.25) is 0 Å². The van der Waals surface area contributed by atoms with E-state index < -0.39 is 0 Å². The van der Waals surface area contributed by atoms with E-state index in [1.807, 2.05) is 6.07 Å². The molecule has 0 amide bonds. The van der Waals surface area contributed by atoms with E-state index in [0.717, 1.165) is 12.1 Å². The maximum atomic E-state index is 13.7. The average molecular weight is 342 g/mol. The summed E-state index contributed by atoms with van der Waals surface area (Å²) >= 11 is 4.97. The zero-order valence-corrected chi connectivity index (χ0v) is 13.7. The van der Waals surface area contributed by atoms with Gasteiger partial charge in [0.25, 0.3) is 0 Å². The van der Waals surface area contributed by atoms with Crippen LogP contribution < -0.4 is 5.32 Å². The summed E-state index contributed by atoms with van der Waals surface area (Å²) in [6.45, 7) is 7.13. The molecule has 2 aromatic rings. The zero-order chi connectivity index (χ0) is 14.0. The highest BCUT2D eigenvalue weighted by molar-refractivity contribution is 9.10. The molecule has 0 aliphatic carbocycles. The molecule has 4 heteroatoms. The fourth-order valence-electron chi connectivity index (χ4n) is 2.20. The number of hydrogen-bond acceptors (Lipinski definition) is 2. The fourth-order valence-corrected chi connectivity index (χ4v) is 3.59. The summed E-state index contributed by atoms with van der Waals surface area (Å²) in [5.41, 5.74) is 2.23. The standard InChI is InChI=1S/C15H17BrFNS/c1-4-18-14(15-9(2)7-10(3)19-15)11-5-6-12(16)13(17)8-11/h5-8,14,18H,4H2,1-3H3. The third-order valence-electron chi connectivity index (χ3n) is 3.03. The zero-order valence-electron chi connectivity index (χ0n) is 11.3. The van der Waals surface area contributed by atoms with Gasteiger partial charge in [-0.25, -0.2) is 4.39 Å². The lowest BCUT2D eigenvalue weighted by Gasteiger charge is -2.18. The van der Waals surface area contributed by atoms with Crippen molar-refractivity contribution in [3.05, 3.63) is 55.4 Å². The van der Waals surface area contributed by atoms with Crippen LogP contribution in [0.1, 0.15) is 33.8 Å². The second-order valence-electron chi connectivity index (χ2n) is 4.57. The Hall–Kier alpha value is -0.710. The molecule has 0 saturated heterocycles. The van der Waals surface area contributed by atoms with Gasteiger partial charge >= 0.3 is 0 Å². The molecule has 0 fully saturated rings. The van der Waals surface area contributed by atoms with Crippen molar-refractivity contribution in [1.29, 1.82) is 0 Å². The first kappa shape index (κ1) is 14.7. The predicted molar refractivity (Wildman–Crippen MR) is 83.4 cm³/mol. The molecule has 1 aromatic heterocycles. The van der Waals surface area contributed by atoms with Gasteiger partial charge in [-0.05, 0) is 65.6 Å². The summed E-state index contributed by atoms with van der Waals surface area (Å²) in [6, 6.07) is 7.58. The van der Waals surface area contributed by atoms with Crippen molar-refractivity contribution >= 4 is 27.3 Å². The number of halogens is 2. The summed E-state index contributed by atoms with van der Waals surface area (Å²) in [7, 11) is 0. The molecule has 1 aromatic carbocycles. The number of nitrogens with one attached hydrogen (secondary N) is 1. The van der Waals surface area contributed by atoms with Gasteiger partial charge in [-0.2, -0.15) is 0 Å². The Bertz CT molecular complexity index is 580. The molecular formula is C15H17BrFNS. The van der Waals surface area contributed by atoms with Crippen molar-refractivity contribution in [2.24, 2.45) is 0 Å². The van der Waals surface area contributed by atoms with Crippen LogP contribution in [-0.4, -0.2) is 6.54 Å². The Balaban J connectivity index is 2.44. The van der Waals surface area contributed by atoms with Gasteiger partial charge in [0.2, 0.25) is 0 Å². The largest absolute Gasteiger partial charge is 0.306 e. The molecule has 0 aliphatic rings. The number of benzene rings is 1. The molecule has 1 heterocycles. The van der Waals surface area contributed by atoms with Crippen LogP contribution in [-0.2, 0) is 0 Å². The van der Waals surface area contributed by atoms with Crippen LogP contribution >= 0.6 is 27.3 Å². The van der Waals surface area contributed by atoms with Gasteiger partial charge in [-0.3, -0.25) is 0 Å². The second kappa shape index (κ2) is 6.16. The highest BCUT2D eigenvalue weighted by atomic mass is 79.9. The van der Waals surface area contributed by atoms with Crippen LogP contribution in [0.3, 0.4) is 0 Å². The molecule has 0 saturated carbocycles. The minimum absolute atomic E-state index is 0.0614. The second-order valence-corrected chi connectivity index (χ2v) is 6.71. The summed E-state index contributed by atoms with van der Waals surface area (Å²) in [6.07, 6.45) is 0. The van der Waals surface area contributed by atoms with Crippen molar-refractivity contribution in [2.45, 2.75) is 26.8 Å². The minimum Gasteiger partial charge on any atom is -0.306 e. The highest BCUT2D eigenvalue weighted by Crippen LogP contribution is 2.33. The molecule has 1 atom stereocenters. The maximum Gasteiger partial charge on any atom is 0.137 e. The van der Waals surface area contributed by atoms with Crippen molar-refractivity contribution in [2.75, 3.05) is 6.54 Å². The van der Waals surface area contributed by atoms with Gasteiger partial charge in [0, 0.05) is 9.75 Å². The Kier molecular flexibility index (Phi) is 4.76. The van der Waals surface area contributed by atoms with Crippen LogP contribution in [0.25, 0.3) is 0 Å². The van der Waals surface area contributed by atoms with E-state index in [4.69, 9.17) is 0 Å². The quantitative estimate of drug-likeness (QED) is 0.828. The van der Waals surface area contributed by atoms with Crippen LogP contribution in [0.15, 0.2) is 28.7 Å². The molecule has 0 aliphatic heterocycles. The molecule has 102 valence electrons. The molecule has 2 rings (SSSR count). The molecule has 0 spiro atoms. The number of rotatable bonds is 4. The molecule has 1 nitrogen and oxygen atoms in total. The summed E-state index contributed by atoms with van der Waals surface area (Å²) in [5.74, 6) is -0.216. The first-order chi connectivity index (χ1) is 9.02. The lowest BCUT2D eigenvalue weighted by atomic mass is 10.0. The predicted octanol–water partition coefficient (Wildman–Crippen LogP) is 4.97. The molecule has 19 heavy (non-hydrogen) atoms. The van der Waals surface area contributed by atoms with E-state index in [1.165, 1.54) is 15.3 Å². The van der Waals surface area contributed by atoms with Gasteiger partial charge in [0.1, 0.15) is 5.82 Å². The average Bonchev–Trinajstić information content (AvgIpc) is 2.69. The van der Waals surface area contributed by atoms with Gasteiger partial charge in [0.05, 0.1) is 10.5 Å². The Labute approximate surface area is 126 Å². The van der Waals surface area contributed by atoms with E-state index in [-0.39, 0.29) is 11.9 Å². The van der Waals surface area contributed by atoms with E-state index in [9.17, 15) is 4.39 Å². The summed E-state index contributed by atoms with van der Waals surface area (Å²) in [4.78, 5) is 2.55. The molecular weight excluding hydrogens is 325 g/mol. The molecule has 1 N–H and O–H groups in total. The Morgan fingerprint density at radius 2 is 2.05 bits per heavy atom. The Morgan fingerprint density at radius 3 is 2.58 bits per heavy atom. The van der Waals surface area contributed by atoms with E-state index >= 15 is 0 Å². The van der Waals surface area contributed by atoms with Crippen LogP contribution in [0, 0.1) is 19.7 Å². The van der Waals surface area contributed by atoms with Gasteiger partial charge in [0.15, 0.2) is 0 Å². The Morgan fingerprint density at radius 1 is 1.32 bits per heavy atom. The van der Waals surface area contributed by atoms with Gasteiger partial charge < -0.3 is 5.32 Å². The lowest BCUT2D eigenvalue weighted by molar-refractivity contribution is 0.601. The van der Waals surface area contributed by atoms with Crippen molar-refractivity contribution in [3.8, 4) is 0 Å². The number of thiophene rings is 1. The smallest absolute Gasteiger partial charge is 0.137 e. The molecule has 1 unspecified atom stereocenters. The monoisotopic (exact) mass is 341 g/mol. The summed E-state index contributed by atoms with van der Waals surface area (Å²) in [5, 5.41) is 3.44. The van der Waals surface area contributed by atoms with Crippen LogP contribution in [0.4, 0.5) is 4.39 Å². The number of aryl methyl sites for hydroxylation is 2. The molecule has 0 radical (unpaired) electrons. The minimum atomic E-state index is -0.216. The first-order valence-electron chi connectivity index (χ1n) is 6.28. The fraction of sp³-hybridized carbons (Fsp3) is 0.333. The normalized spacial score (nSPS) is 12.7. The van der Waals surface area contributed by atoms with Crippen molar-refractivity contribution in [1.82, 2.24) is 5.32 Å². The molecule has 0 bridgehead atoms.